The van der Waals surface area contributed by atoms with Gasteiger partial charge in [-0.2, -0.15) is 0 Å². The van der Waals surface area contributed by atoms with Gasteiger partial charge in [-0.1, -0.05) is 11.3 Å². The van der Waals surface area contributed by atoms with Crippen molar-refractivity contribution >= 4 is 32.6 Å². The van der Waals surface area contributed by atoms with E-state index >= 15 is 0 Å². The van der Waals surface area contributed by atoms with E-state index in [0.29, 0.717) is 17.3 Å². The highest BCUT2D eigenvalue weighted by atomic mass is 32.1. The number of aromatic nitrogens is 1. The molecule has 0 aliphatic carbocycles. The molecule has 106 valence electrons. The Bertz CT molecular complexity index is 655. The highest BCUT2D eigenvalue weighted by molar-refractivity contribution is 7.22. The lowest BCUT2D eigenvalue weighted by atomic mass is 10.1. The number of carbonyl (C=O) groups excluding carboxylic acids is 1. The molecule has 2 unspecified atom stereocenters. The summed E-state index contributed by atoms with van der Waals surface area (Å²) in [4.78, 5) is 18.5. The lowest BCUT2D eigenvalue weighted by molar-refractivity contribution is 0.0575. The first-order valence-electron chi connectivity index (χ1n) is 6.61. The summed E-state index contributed by atoms with van der Waals surface area (Å²) in [6, 6.07) is 5.66. The van der Waals surface area contributed by atoms with Gasteiger partial charge in [-0.15, -0.1) is 0 Å². The zero-order chi connectivity index (χ0) is 14.3. The van der Waals surface area contributed by atoms with Gasteiger partial charge in [0.2, 0.25) is 0 Å². The SMILES string of the molecule is CC1OCCC1N(C)C(=O)c1ccc2nc(N)sc2c1. The van der Waals surface area contributed by atoms with Crippen LogP contribution in [0.4, 0.5) is 5.13 Å². The Hall–Kier alpha value is -1.66. The summed E-state index contributed by atoms with van der Waals surface area (Å²) in [6.45, 7) is 2.72. The summed E-state index contributed by atoms with van der Waals surface area (Å²) in [6.07, 6.45) is 0.978. The monoisotopic (exact) mass is 291 g/mol. The van der Waals surface area contributed by atoms with Crippen molar-refractivity contribution < 1.29 is 9.53 Å². The van der Waals surface area contributed by atoms with Crippen LogP contribution in [-0.4, -0.2) is 41.6 Å². The fourth-order valence-corrected chi connectivity index (χ4v) is 3.43. The molecule has 2 atom stereocenters. The zero-order valence-corrected chi connectivity index (χ0v) is 12.3. The van der Waals surface area contributed by atoms with Gasteiger partial charge in [-0.25, -0.2) is 4.98 Å². The maximum absolute atomic E-state index is 12.6. The van der Waals surface area contributed by atoms with E-state index in [0.717, 1.165) is 16.6 Å². The molecule has 1 fully saturated rings. The second-order valence-corrected chi connectivity index (χ2v) is 6.14. The molecule has 0 radical (unpaired) electrons. The number of nitrogens with zero attached hydrogens (tertiary/aromatic N) is 2. The van der Waals surface area contributed by atoms with E-state index in [1.54, 1.807) is 11.0 Å². The molecule has 1 aromatic carbocycles. The van der Waals surface area contributed by atoms with Gasteiger partial charge in [0.05, 0.1) is 22.4 Å². The summed E-state index contributed by atoms with van der Waals surface area (Å²) < 4.78 is 6.47. The molecule has 0 spiro atoms. The zero-order valence-electron chi connectivity index (χ0n) is 11.5. The molecule has 2 heterocycles. The highest BCUT2D eigenvalue weighted by Crippen LogP contribution is 2.26. The minimum atomic E-state index is 0.0150. The maximum Gasteiger partial charge on any atom is 0.253 e. The van der Waals surface area contributed by atoms with E-state index in [2.05, 4.69) is 4.98 Å². The Kier molecular flexibility index (Phi) is 3.35. The predicted molar refractivity (Wildman–Crippen MR) is 79.9 cm³/mol. The highest BCUT2D eigenvalue weighted by Gasteiger charge is 2.31. The summed E-state index contributed by atoms with van der Waals surface area (Å²) in [5.74, 6) is 0.0150. The standard InChI is InChI=1S/C14H17N3O2S/c1-8-11(5-6-19-8)17(2)13(18)9-3-4-10-12(7-9)20-14(15)16-10/h3-4,7-8,11H,5-6H2,1-2H3,(H2,15,16). The summed E-state index contributed by atoms with van der Waals surface area (Å²) >= 11 is 1.40. The van der Waals surface area contributed by atoms with Crippen LogP contribution in [0.2, 0.25) is 0 Å². The second-order valence-electron chi connectivity index (χ2n) is 5.08. The molecule has 20 heavy (non-hydrogen) atoms. The third kappa shape index (κ3) is 2.25. The summed E-state index contributed by atoms with van der Waals surface area (Å²) in [5, 5.41) is 0.524. The van der Waals surface area contributed by atoms with Gasteiger partial charge in [0, 0.05) is 19.2 Å². The number of anilines is 1. The van der Waals surface area contributed by atoms with Crippen LogP contribution in [0.5, 0.6) is 0 Å². The van der Waals surface area contributed by atoms with Gasteiger partial charge in [0.15, 0.2) is 5.13 Å². The number of ether oxygens (including phenoxy) is 1. The number of hydrogen-bond donors (Lipinski definition) is 1. The number of carbonyl (C=O) groups is 1. The van der Waals surface area contributed by atoms with Crippen molar-refractivity contribution in [1.82, 2.24) is 9.88 Å². The minimum Gasteiger partial charge on any atom is -0.376 e. The molecular formula is C14H17N3O2S. The van der Waals surface area contributed by atoms with Gasteiger partial charge >= 0.3 is 0 Å². The first-order valence-corrected chi connectivity index (χ1v) is 7.43. The Labute approximate surface area is 121 Å². The van der Waals surface area contributed by atoms with Crippen LogP contribution in [0.25, 0.3) is 10.2 Å². The molecule has 1 aliphatic rings. The van der Waals surface area contributed by atoms with Crippen molar-refractivity contribution in [2.75, 3.05) is 19.4 Å². The third-order valence-corrected chi connectivity index (χ3v) is 4.65. The van der Waals surface area contributed by atoms with Crippen molar-refractivity contribution in [3.63, 3.8) is 0 Å². The number of nitrogens with two attached hydrogens (primary N) is 1. The van der Waals surface area contributed by atoms with Gasteiger partial charge < -0.3 is 15.4 Å². The summed E-state index contributed by atoms with van der Waals surface area (Å²) in [7, 11) is 1.84. The van der Waals surface area contributed by atoms with Crippen LogP contribution in [0.3, 0.4) is 0 Å². The number of rotatable bonds is 2. The average Bonchev–Trinajstić information content (AvgIpc) is 3.00. The van der Waals surface area contributed by atoms with Crippen molar-refractivity contribution in [3.8, 4) is 0 Å². The number of benzene rings is 1. The largest absolute Gasteiger partial charge is 0.376 e. The number of fused-ring (bicyclic) bond motifs is 1. The van der Waals surface area contributed by atoms with Crippen LogP contribution in [0, 0.1) is 0 Å². The molecule has 1 aliphatic heterocycles. The van der Waals surface area contributed by atoms with Gasteiger partial charge in [0.1, 0.15) is 0 Å². The molecule has 1 amide bonds. The van der Waals surface area contributed by atoms with Gasteiger partial charge in [-0.3, -0.25) is 4.79 Å². The van der Waals surface area contributed by atoms with E-state index < -0.39 is 0 Å². The molecule has 1 aromatic heterocycles. The Morgan fingerprint density at radius 1 is 1.55 bits per heavy atom. The smallest absolute Gasteiger partial charge is 0.253 e. The van der Waals surface area contributed by atoms with Crippen molar-refractivity contribution in [2.24, 2.45) is 0 Å². The van der Waals surface area contributed by atoms with Crippen LogP contribution < -0.4 is 5.73 Å². The van der Waals surface area contributed by atoms with Crippen LogP contribution >= 0.6 is 11.3 Å². The van der Waals surface area contributed by atoms with Crippen LogP contribution in [-0.2, 0) is 4.74 Å². The molecule has 2 aromatic rings. The van der Waals surface area contributed by atoms with E-state index in [1.165, 1.54) is 11.3 Å². The van der Waals surface area contributed by atoms with E-state index in [4.69, 9.17) is 10.5 Å². The van der Waals surface area contributed by atoms with E-state index in [-0.39, 0.29) is 18.1 Å². The molecule has 6 heteroatoms. The van der Waals surface area contributed by atoms with Crippen molar-refractivity contribution in [1.29, 1.82) is 0 Å². The first kappa shape index (κ1) is 13.3. The average molecular weight is 291 g/mol. The van der Waals surface area contributed by atoms with E-state index in [9.17, 15) is 4.79 Å². The van der Waals surface area contributed by atoms with Crippen LogP contribution in [0.1, 0.15) is 23.7 Å². The van der Waals surface area contributed by atoms with Crippen molar-refractivity contribution in [2.45, 2.75) is 25.5 Å². The number of thiazole rings is 1. The minimum absolute atomic E-state index is 0.0150. The lowest BCUT2D eigenvalue weighted by Crippen LogP contribution is -2.40. The Morgan fingerprint density at radius 2 is 2.35 bits per heavy atom. The van der Waals surface area contributed by atoms with Gasteiger partial charge in [-0.05, 0) is 31.5 Å². The number of hydrogen-bond acceptors (Lipinski definition) is 5. The van der Waals surface area contributed by atoms with E-state index in [1.807, 2.05) is 26.1 Å². The molecule has 0 bridgehead atoms. The normalized spacial score (nSPS) is 22.3. The lowest BCUT2D eigenvalue weighted by Gasteiger charge is -2.26. The molecule has 1 saturated heterocycles. The Morgan fingerprint density at radius 3 is 3.05 bits per heavy atom. The maximum atomic E-state index is 12.6. The second kappa shape index (κ2) is 5.03. The fraction of sp³-hybridized carbons (Fsp3) is 0.429. The predicted octanol–water partition coefficient (Wildman–Crippen LogP) is 2.13. The number of amides is 1. The van der Waals surface area contributed by atoms with Crippen molar-refractivity contribution in [3.05, 3.63) is 23.8 Å². The topological polar surface area (TPSA) is 68.5 Å². The molecule has 3 rings (SSSR count). The molecule has 0 saturated carbocycles. The first-order chi connectivity index (χ1) is 9.56. The molecule has 2 N–H and O–H groups in total. The number of nitrogen functional groups attached to an aromatic ring is 1. The fourth-order valence-electron chi connectivity index (χ4n) is 2.66. The molecular weight excluding hydrogens is 274 g/mol. The van der Waals surface area contributed by atoms with Crippen LogP contribution in [0.15, 0.2) is 18.2 Å². The number of likely N-dealkylation sites (N-methyl/N-ethyl adjacent to an activating group) is 1. The van der Waals surface area contributed by atoms with Gasteiger partial charge in [0.25, 0.3) is 5.91 Å². The quantitative estimate of drug-likeness (QED) is 0.920. The molecule has 5 nitrogen and oxygen atoms in total. The third-order valence-electron chi connectivity index (χ3n) is 3.81. The summed E-state index contributed by atoms with van der Waals surface area (Å²) in [5.41, 5.74) is 7.20. The Balaban J connectivity index is 1.87.